The van der Waals surface area contributed by atoms with Crippen molar-refractivity contribution in [2.24, 2.45) is 11.7 Å². The van der Waals surface area contributed by atoms with Gasteiger partial charge in [-0.3, -0.25) is 4.90 Å². The molecule has 1 aliphatic heterocycles. The number of amides is 1. The lowest BCUT2D eigenvalue weighted by molar-refractivity contribution is 0.151. The molecule has 1 amide bonds. The fourth-order valence-electron chi connectivity index (χ4n) is 2.94. The molecule has 0 unspecified atom stereocenters. The second kappa shape index (κ2) is 7.59. The van der Waals surface area contributed by atoms with Gasteiger partial charge >= 0.3 is 6.09 Å². The third-order valence-electron chi connectivity index (χ3n) is 4.12. The number of carbonyl (C=O) groups excluding carboxylic acids is 1. The molecule has 0 radical (unpaired) electrons. The summed E-state index contributed by atoms with van der Waals surface area (Å²) < 4.78 is 21.3. The monoisotopic (exact) mass is 340 g/mol. The van der Waals surface area contributed by atoms with Crippen LogP contribution < -0.4 is 24.8 Å². The Hall–Kier alpha value is -2.19. The van der Waals surface area contributed by atoms with E-state index < -0.39 is 12.1 Å². The maximum absolute atomic E-state index is 12.4. The van der Waals surface area contributed by atoms with Crippen molar-refractivity contribution in [3.05, 3.63) is 11.6 Å². The standard InChI is InChI=1S/C16H24N2O6/c1-5-24-16(20)18-7-9(8-19)13(17)12-10(18)6-11(21-2)14(22-3)15(12)23-4/h6,9,13,19H,5,7-8,17H2,1-4H3/t9-,13+/m0/s1. The van der Waals surface area contributed by atoms with E-state index in [1.165, 1.54) is 26.2 Å². The number of carbonyl (C=O) groups is 1. The Bertz CT molecular complexity index is 607. The van der Waals surface area contributed by atoms with Gasteiger partial charge in [0.25, 0.3) is 0 Å². The van der Waals surface area contributed by atoms with Crippen LogP contribution in [0, 0.1) is 5.92 Å². The van der Waals surface area contributed by atoms with Crippen molar-refractivity contribution in [1.82, 2.24) is 0 Å². The van der Waals surface area contributed by atoms with Crippen LogP contribution in [0.15, 0.2) is 6.07 Å². The van der Waals surface area contributed by atoms with Crippen molar-refractivity contribution in [1.29, 1.82) is 0 Å². The van der Waals surface area contributed by atoms with E-state index >= 15 is 0 Å². The summed E-state index contributed by atoms with van der Waals surface area (Å²) in [4.78, 5) is 13.8. The Morgan fingerprint density at radius 2 is 1.96 bits per heavy atom. The molecule has 0 saturated carbocycles. The molecule has 3 N–H and O–H groups in total. The minimum absolute atomic E-state index is 0.173. The van der Waals surface area contributed by atoms with Crippen LogP contribution in [0.25, 0.3) is 0 Å². The van der Waals surface area contributed by atoms with Crippen molar-refractivity contribution in [2.45, 2.75) is 13.0 Å². The number of anilines is 1. The summed E-state index contributed by atoms with van der Waals surface area (Å²) in [5.41, 5.74) is 7.42. The number of methoxy groups -OCH3 is 3. The fraction of sp³-hybridized carbons (Fsp3) is 0.562. The second-order valence-corrected chi connectivity index (χ2v) is 5.36. The zero-order valence-electron chi connectivity index (χ0n) is 14.4. The van der Waals surface area contributed by atoms with Gasteiger partial charge in [-0.05, 0) is 6.92 Å². The highest BCUT2D eigenvalue weighted by Gasteiger charge is 2.39. The number of hydrogen-bond acceptors (Lipinski definition) is 7. The van der Waals surface area contributed by atoms with Crippen LogP contribution in [-0.2, 0) is 4.74 Å². The lowest BCUT2D eigenvalue weighted by Gasteiger charge is -2.38. The van der Waals surface area contributed by atoms with Gasteiger partial charge in [0.2, 0.25) is 5.75 Å². The molecule has 0 aliphatic carbocycles. The Morgan fingerprint density at radius 1 is 1.29 bits per heavy atom. The van der Waals surface area contributed by atoms with Gasteiger partial charge in [0.1, 0.15) is 0 Å². The summed E-state index contributed by atoms with van der Waals surface area (Å²) in [6.07, 6.45) is -0.515. The Balaban J connectivity index is 2.69. The molecule has 2 atom stereocenters. The largest absolute Gasteiger partial charge is 0.493 e. The maximum atomic E-state index is 12.4. The SMILES string of the molecule is CCOC(=O)N1C[C@@H](CO)[C@@H](N)c2c1cc(OC)c(OC)c2OC. The van der Waals surface area contributed by atoms with Gasteiger partial charge < -0.3 is 29.8 Å². The van der Waals surface area contributed by atoms with Crippen LogP contribution in [0.5, 0.6) is 17.2 Å². The van der Waals surface area contributed by atoms with Crippen LogP contribution >= 0.6 is 0 Å². The predicted octanol–water partition coefficient (Wildman–Crippen LogP) is 1.30. The van der Waals surface area contributed by atoms with Crippen molar-refractivity contribution in [3.8, 4) is 17.2 Å². The van der Waals surface area contributed by atoms with Gasteiger partial charge in [-0.15, -0.1) is 0 Å². The van der Waals surface area contributed by atoms with E-state index in [-0.39, 0.29) is 25.7 Å². The van der Waals surface area contributed by atoms with E-state index in [1.54, 1.807) is 13.0 Å². The lowest BCUT2D eigenvalue weighted by atomic mass is 9.87. The average molecular weight is 340 g/mol. The number of benzene rings is 1. The van der Waals surface area contributed by atoms with Crippen molar-refractivity contribution >= 4 is 11.8 Å². The third-order valence-corrected chi connectivity index (χ3v) is 4.12. The number of fused-ring (bicyclic) bond motifs is 1. The highest BCUT2D eigenvalue weighted by Crippen LogP contribution is 2.50. The normalized spacial score (nSPS) is 19.5. The molecular formula is C16H24N2O6. The van der Waals surface area contributed by atoms with E-state index in [2.05, 4.69) is 0 Å². The summed E-state index contributed by atoms with van der Waals surface area (Å²) in [5.74, 6) is 0.828. The van der Waals surface area contributed by atoms with Crippen LogP contribution in [0.4, 0.5) is 10.5 Å². The lowest BCUT2D eigenvalue weighted by Crippen LogP contribution is -2.45. The molecule has 0 saturated heterocycles. The van der Waals surface area contributed by atoms with Gasteiger partial charge in [0.05, 0.1) is 33.6 Å². The van der Waals surface area contributed by atoms with Crippen molar-refractivity contribution in [2.75, 3.05) is 46.0 Å². The molecule has 134 valence electrons. The first kappa shape index (κ1) is 18.2. The molecule has 2 rings (SSSR count). The Morgan fingerprint density at radius 3 is 2.46 bits per heavy atom. The maximum Gasteiger partial charge on any atom is 0.414 e. The summed E-state index contributed by atoms with van der Waals surface area (Å²) in [6.45, 7) is 2.04. The number of nitrogens with two attached hydrogens (primary N) is 1. The number of ether oxygens (including phenoxy) is 4. The first-order chi connectivity index (χ1) is 11.5. The van der Waals surface area contributed by atoms with Gasteiger partial charge in [0, 0.05) is 36.7 Å². The molecule has 1 heterocycles. The molecule has 8 nitrogen and oxygen atoms in total. The highest BCUT2D eigenvalue weighted by atomic mass is 16.6. The Labute approximate surface area is 141 Å². The minimum atomic E-state index is -0.523. The molecule has 0 bridgehead atoms. The van der Waals surface area contributed by atoms with Crippen LogP contribution in [0.3, 0.4) is 0 Å². The quantitative estimate of drug-likeness (QED) is 0.832. The minimum Gasteiger partial charge on any atom is -0.493 e. The first-order valence-corrected chi connectivity index (χ1v) is 7.67. The topological polar surface area (TPSA) is 103 Å². The van der Waals surface area contributed by atoms with Crippen molar-refractivity contribution < 1.29 is 28.8 Å². The Kier molecular flexibility index (Phi) is 5.74. The van der Waals surface area contributed by atoms with E-state index in [0.29, 0.717) is 28.5 Å². The van der Waals surface area contributed by atoms with Gasteiger partial charge in [-0.1, -0.05) is 0 Å². The van der Waals surface area contributed by atoms with Gasteiger partial charge in [0.15, 0.2) is 11.5 Å². The number of aliphatic hydroxyl groups excluding tert-OH is 1. The first-order valence-electron chi connectivity index (χ1n) is 7.67. The summed E-state index contributed by atoms with van der Waals surface area (Å²) in [5, 5.41) is 9.65. The smallest absolute Gasteiger partial charge is 0.414 e. The third kappa shape index (κ3) is 2.94. The molecular weight excluding hydrogens is 316 g/mol. The highest BCUT2D eigenvalue weighted by molar-refractivity contribution is 5.91. The van der Waals surface area contributed by atoms with Crippen molar-refractivity contribution in [3.63, 3.8) is 0 Å². The van der Waals surface area contributed by atoms with Crippen LogP contribution in [0.1, 0.15) is 18.5 Å². The molecule has 0 fully saturated rings. The molecule has 0 aromatic heterocycles. The molecule has 1 aliphatic rings. The zero-order chi connectivity index (χ0) is 17.9. The van der Waals surface area contributed by atoms with E-state index in [0.717, 1.165) is 0 Å². The number of aliphatic hydroxyl groups is 1. The summed E-state index contributed by atoms with van der Waals surface area (Å²) in [6, 6.07) is 1.14. The second-order valence-electron chi connectivity index (χ2n) is 5.36. The zero-order valence-corrected chi connectivity index (χ0v) is 14.4. The van der Waals surface area contributed by atoms with Crippen LogP contribution in [0.2, 0.25) is 0 Å². The predicted molar refractivity (Wildman–Crippen MR) is 88.0 cm³/mol. The van der Waals surface area contributed by atoms with E-state index in [4.69, 9.17) is 24.7 Å². The number of rotatable bonds is 5. The molecule has 24 heavy (non-hydrogen) atoms. The van der Waals surface area contributed by atoms with E-state index in [9.17, 15) is 9.90 Å². The van der Waals surface area contributed by atoms with E-state index in [1.807, 2.05) is 0 Å². The number of hydrogen-bond donors (Lipinski definition) is 2. The molecule has 0 spiro atoms. The van der Waals surface area contributed by atoms with Crippen LogP contribution in [-0.4, -0.2) is 52.3 Å². The van der Waals surface area contributed by atoms with Gasteiger partial charge in [-0.25, -0.2) is 4.79 Å². The average Bonchev–Trinajstić information content (AvgIpc) is 2.60. The molecule has 1 aromatic carbocycles. The summed E-state index contributed by atoms with van der Waals surface area (Å²) in [7, 11) is 4.48. The molecule has 8 heteroatoms. The van der Waals surface area contributed by atoms with Gasteiger partial charge in [-0.2, -0.15) is 0 Å². The summed E-state index contributed by atoms with van der Waals surface area (Å²) >= 11 is 0. The molecule has 1 aromatic rings. The number of nitrogens with zero attached hydrogens (tertiary/aromatic N) is 1. The fourth-order valence-corrected chi connectivity index (χ4v) is 2.94.